The number of rotatable bonds is 3. The van der Waals surface area contributed by atoms with Crippen LogP contribution in [0.15, 0.2) is 30.3 Å². The molecule has 0 radical (unpaired) electrons. The molecule has 0 heterocycles. The van der Waals surface area contributed by atoms with E-state index in [-0.39, 0.29) is 11.2 Å². The third-order valence-corrected chi connectivity index (χ3v) is 5.78. The molecule has 0 aliphatic carbocycles. The molecule has 1 aromatic carbocycles. The Balaban J connectivity index is 2.99. The van der Waals surface area contributed by atoms with Crippen molar-refractivity contribution >= 4 is 28.8 Å². The van der Waals surface area contributed by atoms with Gasteiger partial charge in [0.2, 0.25) is 0 Å². The summed E-state index contributed by atoms with van der Waals surface area (Å²) in [5.41, 5.74) is 0. The Kier molecular flexibility index (Phi) is 3.27. The van der Waals surface area contributed by atoms with Crippen LogP contribution in [0.3, 0.4) is 0 Å². The monoisotopic (exact) mass is 252 g/mol. The van der Waals surface area contributed by atoms with Crippen LogP contribution in [0.4, 0.5) is 0 Å². The number of hydrogen-bond acceptors (Lipinski definition) is 2. The van der Waals surface area contributed by atoms with Crippen LogP contribution in [0, 0.1) is 0 Å². The summed E-state index contributed by atoms with van der Waals surface area (Å²) in [7, 11) is 0. The molecule has 0 unspecified atom stereocenters. The third kappa shape index (κ3) is 2.31. The Hall–Kier alpha value is -0.371. The first kappa shape index (κ1) is 9.72. The second kappa shape index (κ2) is 4.03. The zero-order valence-electron chi connectivity index (χ0n) is 6.40. The second-order valence-corrected chi connectivity index (χ2v) is 7.12. The zero-order valence-corrected chi connectivity index (χ0v) is 8.87. The van der Waals surface area contributed by atoms with Crippen molar-refractivity contribution in [1.29, 1.82) is 0 Å². The Bertz CT molecular complexity index is 331. The molecule has 0 amide bonds. The number of hydrogen-bond donors (Lipinski definition) is 0. The Labute approximate surface area is 78.2 Å². The molecule has 2 nitrogen and oxygen atoms in total. The molecule has 0 saturated heterocycles. The van der Waals surface area contributed by atoms with Crippen LogP contribution in [0.1, 0.15) is 0 Å². The van der Waals surface area contributed by atoms with Gasteiger partial charge in [0.05, 0.1) is 0 Å². The van der Waals surface area contributed by atoms with Crippen LogP contribution in [-0.2, 0) is 7.67 Å². The summed E-state index contributed by atoms with van der Waals surface area (Å²) in [6, 6.07) is 8.42. The molecule has 1 rings (SSSR count). The van der Waals surface area contributed by atoms with Crippen LogP contribution in [-0.4, -0.2) is 18.6 Å². The zero-order chi connectivity index (χ0) is 9.03. The number of alkyl halides is 1. The summed E-state index contributed by atoms with van der Waals surface area (Å²) < 4.78 is 23.3. The van der Waals surface area contributed by atoms with Gasteiger partial charge >= 0.3 is 78.0 Å². The molecule has 66 valence electrons. The van der Waals surface area contributed by atoms with E-state index in [1.807, 2.05) is 0 Å². The SMILES string of the molecule is O=[Se](=O)(CCCl)c1ccccc1. The normalized spacial score (nSPS) is 11.4. The van der Waals surface area contributed by atoms with Gasteiger partial charge in [-0.05, 0) is 0 Å². The van der Waals surface area contributed by atoms with Gasteiger partial charge in [0, 0.05) is 0 Å². The molecule has 0 saturated carbocycles. The summed E-state index contributed by atoms with van der Waals surface area (Å²) in [4.78, 5) is 0. The second-order valence-electron chi connectivity index (χ2n) is 2.32. The van der Waals surface area contributed by atoms with Gasteiger partial charge in [-0.1, -0.05) is 0 Å². The van der Waals surface area contributed by atoms with Crippen molar-refractivity contribution in [2.24, 2.45) is 0 Å². The fraction of sp³-hybridized carbons (Fsp3) is 0.250. The van der Waals surface area contributed by atoms with Crippen molar-refractivity contribution in [3.05, 3.63) is 30.3 Å². The van der Waals surface area contributed by atoms with Crippen molar-refractivity contribution in [1.82, 2.24) is 0 Å². The number of halogens is 1. The van der Waals surface area contributed by atoms with E-state index in [1.165, 1.54) is 0 Å². The van der Waals surface area contributed by atoms with E-state index in [4.69, 9.17) is 11.6 Å². The van der Waals surface area contributed by atoms with E-state index in [9.17, 15) is 7.67 Å². The minimum atomic E-state index is -3.89. The van der Waals surface area contributed by atoms with Crippen molar-refractivity contribution in [3.8, 4) is 0 Å². The van der Waals surface area contributed by atoms with E-state index in [0.29, 0.717) is 4.46 Å². The van der Waals surface area contributed by atoms with Crippen molar-refractivity contribution in [2.45, 2.75) is 5.32 Å². The van der Waals surface area contributed by atoms with Crippen molar-refractivity contribution < 1.29 is 7.67 Å². The van der Waals surface area contributed by atoms with E-state index in [2.05, 4.69) is 0 Å². The fourth-order valence-electron chi connectivity index (χ4n) is 0.847. The molecule has 0 N–H and O–H groups in total. The van der Waals surface area contributed by atoms with Gasteiger partial charge < -0.3 is 0 Å². The van der Waals surface area contributed by atoms with Crippen LogP contribution in [0.2, 0.25) is 5.32 Å². The summed E-state index contributed by atoms with van der Waals surface area (Å²) in [6.45, 7) is 0. The van der Waals surface area contributed by atoms with Crippen molar-refractivity contribution in [2.75, 3.05) is 5.88 Å². The molecule has 0 fully saturated rings. The van der Waals surface area contributed by atoms with Gasteiger partial charge in [-0.3, -0.25) is 0 Å². The summed E-state index contributed by atoms with van der Waals surface area (Å²) in [6.07, 6.45) is 0. The van der Waals surface area contributed by atoms with Crippen molar-refractivity contribution in [3.63, 3.8) is 0 Å². The minimum absolute atomic E-state index is 0.0715. The van der Waals surface area contributed by atoms with Gasteiger partial charge in [-0.2, -0.15) is 0 Å². The fourth-order valence-corrected chi connectivity index (χ4v) is 4.02. The average molecular weight is 252 g/mol. The summed E-state index contributed by atoms with van der Waals surface area (Å²) in [5, 5.41) is 0.0715. The topological polar surface area (TPSA) is 34.1 Å². The first-order valence-electron chi connectivity index (χ1n) is 3.50. The summed E-state index contributed by atoms with van der Waals surface area (Å²) >= 11 is 1.49. The van der Waals surface area contributed by atoms with Gasteiger partial charge in [0.1, 0.15) is 0 Å². The predicted octanol–water partition coefficient (Wildman–Crippen LogP) is 1.44. The molecule has 4 heteroatoms. The Morgan fingerprint density at radius 1 is 1.17 bits per heavy atom. The van der Waals surface area contributed by atoms with E-state index < -0.39 is 12.7 Å². The first-order valence-corrected chi connectivity index (χ1v) is 7.51. The van der Waals surface area contributed by atoms with E-state index in [1.54, 1.807) is 30.3 Å². The van der Waals surface area contributed by atoms with Crippen LogP contribution < -0.4 is 4.46 Å². The standard InChI is InChI=1S/C8H9ClO2Se/c9-6-7-12(10,11)8-4-2-1-3-5-8/h1-5H,6-7H2. The van der Waals surface area contributed by atoms with Crippen LogP contribution >= 0.6 is 11.6 Å². The molecule has 0 spiro atoms. The van der Waals surface area contributed by atoms with Gasteiger partial charge in [-0.25, -0.2) is 0 Å². The maximum atomic E-state index is 11.4. The molecule has 0 bridgehead atoms. The van der Waals surface area contributed by atoms with Gasteiger partial charge in [0.25, 0.3) is 0 Å². The number of benzene rings is 1. The molecule has 0 atom stereocenters. The van der Waals surface area contributed by atoms with Crippen LogP contribution in [0.25, 0.3) is 0 Å². The van der Waals surface area contributed by atoms with Gasteiger partial charge in [0.15, 0.2) is 0 Å². The molecule has 1 aromatic rings. The Morgan fingerprint density at radius 3 is 2.25 bits per heavy atom. The average Bonchev–Trinajstić information content (AvgIpc) is 2.06. The molecule has 0 aliphatic rings. The molecule has 12 heavy (non-hydrogen) atoms. The third-order valence-electron chi connectivity index (χ3n) is 1.45. The Morgan fingerprint density at radius 2 is 1.75 bits per heavy atom. The molecular weight excluding hydrogens is 242 g/mol. The van der Waals surface area contributed by atoms with E-state index >= 15 is 0 Å². The molecule has 0 aliphatic heterocycles. The maximum absolute atomic E-state index is 11.4. The van der Waals surface area contributed by atoms with Gasteiger partial charge in [-0.15, -0.1) is 0 Å². The van der Waals surface area contributed by atoms with Crippen LogP contribution in [0.5, 0.6) is 0 Å². The summed E-state index contributed by atoms with van der Waals surface area (Å²) in [5.74, 6) is 0.169. The van der Waals surface area contributed by atoms with E-state index in [0.717, 1.165) is 0 Å². The molecular formula is C8H9ClO2Se. The predicted molar refractivity (Wildman–Crippen MR) is 48.7 cm³/mol. The first-order chi connectivity index (χ1) is 5.67. The molecule has 0 aromatic heterocycles. The quantitative estimate of drug-likeness (QED) is 0.602.